The SMILES string of the molecule is Cc1c(Br)cccc1C(O)C(O)CCNC(=O)OCC1c2ccccc2-c2ccccc21. The second-order valence-electron chi connectivity index (χ2n) is 8.01. The fourth-order valence-corrected chi connectivity index (χ4v) is 4.66. The van der Waals surface area contributed by atoms with Crippen LogP contribution in [0.1, 0.15) is 40.7 Å². The summed E-state index contributed by atoms with van der Waals surface area (Å²) in [5.41, 5.74) is 6.21. The lowest BCUT2D eigenvalue weighted by Gasteiger charge is -2.20. The Labute approximate surface area is 196 Å². The minimum absolute atomic E-state index is 0.0000603. The number of rotatable bonds is 7. The average Bonchev–Trinajstić information content (AvgIpc) is 3.13. The lowest BCUT2D eigenvalue weighted by Crippen LogP contribution is -2.30. The number of carbonyl (C=O) groups is 1. The van der Waals surface area contributed by atoms with E-state index in [-0.39, 0.29) is 25.5 Å². The molecular formula is C26H26BrNO4. The Morgan fingerprint density at radius 3 is 2.28 bits per heavy atom. The van der Waals surface area contributed by atoms with Crippen LogP contribution >= 0.6 is 15.9 Å². The predicted octanol–water partition coefficient (Wildman–Crippen LogP) is 5.08. The third-order valence-corrected chi connectivity index (χ3v) is 6.90. The van der Waals surface area contributed by atoms with Crippen LogP contribution in [0.15, 0.2) is 71.2 Å². The van der Waals surface area contributed by atoms with E-state index in [2.05, 4.69) is 45.5 Å². The molecule has 6 heteroatoms. The zero-order chi connectivity index (χ0) is 22.7. The van der Waals surface area contributed by atoms with Crippen LogP contribution in [0, 0.1) is 6.92 Å². The highest BCUT2D eigenvalue weighted by molar-refractivity contribution is 9.10. The highest BCUT2D eigenvalue weighted by Gasteiger charge is 2.29. The molecule has 166 valence electrons. The summed E-state index contributed by atoms with van der Waals surface area (Å²) < 4.78 is 6.37. The average molecular weight is 496 g/mol. The molecule has 0 saturated heterocycles. The third kappa shape index (κ3) is 4.58. The third-order valence-electron chi connectivity index (χ3n) is 6.05. The Kier molecular flexibility index (Phi) is 6.94. The molecule has 1 aliphatic rings. The van der Waals surface area contributed by atoms with Gasteiger partial charge in [-0.1, -0.05) is 76.6 Å². The van der Waals surface area contributed by atoms with Crippen LogP contribution in [0.2, 0.25) is 0 Å². The lowest BCUT2D eigenvalue weighted by atomic mass is 9.98. The minimum atomic E-state index is -1.03. The number of benzene rings is 3. The van der Waals surface area contributed by atoms with Crippen molar-refractivity contribution in [1.29, 1.82) is 0 Å². The van der Waals surface area contributed by atoms with Crippen molar-refractivity contribution in [1.82, 2.24) is 5.32 Å². The zero-order valence-electron chi connectivity index (χ0n) is 17.8. The molecule has 0 heterocycles. The summed E-state index contributed by atoms with van der Waals surface area (Å²) >= 11 is 3.43. The van der Waals surface area contributed by atoms with Crippen LogP contribution in [0.5, 0.6) is 0 Å². The van der Waals surface area contributed by atoms with E-state index in [1.165, 1.54) is 11.1 Å². The van der Waals surface area contributed by atoms with Gasteiger partial charge in [-0.2, -0.15) is 0 Å². The number of aliphatic hydroxyl groups is 2. The first-order valence-electron chi connectivity index (χ1n) is 10.7. The molecule has 0 bridgehead atoms. The van der Waals surface area contributed by atoms with Gasteiger partial charge in [0.05, 0.1) is 6.10 Å². The molecule has 2 atom stereocenters. The van der Waals surface area contributed by atoms with Crippen molar-refractivity contribution in [2.45, 2.75) is 31.5 Å². The van der Waals surface area contributed by atoms with Crippen LogP contribution < -0.4 is 5.32 Å². The van der Waals surface area contributed by atoms with Crippen molar-refractivity contribution in [2.24, 2.45) is 0 Å². The first-order valence-corrected chi connectivity index (χ1v) is 11.5. The van der Waals surface area contributed by atoms with Crippen LogP contribution in [0.4, 0.5) is 4.79 Å². The van der Waals surface area contributed by atoms with Crippen molar-refractivity contribution < 1.29 is 19.7 Å². The van der Waals surface area contributed by atoms with Gasteiger partial charge >= 0.3 is 6.09 Å². The Morgan fingerprint density at radius 2 is 1.62 bits per heavy atom. The first kappa shape index (κ1) is 22.5. The van der Waals surface area contributed by atoms with E-state index in [9.17, 15) is 15.0 Å². The molecule has 0 aromatic heterocycles. The Balaban J connectivity index is 1.29. The Bertz CT molecular complexity index is 1070. The number of hydrogen-bond donors (Lipinski definition) is 3. The van der Waals surface area contributed by atoms with E-state index in [4.69, 9.17) is 4.74 Å². The number of carbonyl (C=O) groups excluding carboxylic acids is 1. The maximum atomic E-state index is 12.3. The minimum Gasteiger partial charge on any atom is -0.449 e. The van der Waals surface area contributed by atoms with Crippen LogP contribution in [0.25, 0.3) is 11.1 Å². The predicted molar refractivity (Wildman–Crippen MR) is 128 cm³/mol. The molecule has 0 radical (unpaired) electrons. The van der Waals surface area contributed by atoms with Crippen molar-refractivity contribution >= 4 is 22.0 Å². The summed E-state index contributed by atoms with van der Waals surface area (Å²) in [6.45, 7) is 2.31. The van der Waals surface area contributed by atoms with Gasteiger partial charge in [0.1, 0.15) is 12.7 Å². The molecule has 5 nitrogen and oxygen atoms in total. The van der Waals surface area contributed by atoms with E-state index in [0.29, 0.717) is 5.56 Å². The Morgan fingerprint density at radius 1 is 1.00 bits per heavy atom. The summed E-state index contributed by atoms with van der Waals surface area (Å²) in [7, 11) is 0. The highest BCUT2D eigenvalue weighted by Crippen LogP contribution is 2.44. The smallest absolute Gasteiger partial charge is 0.407 e. The molecule has 4 rings (SSSR count). The van der Waals surface area contributed by atoms with Gasteiger partial charge in [0, 0.05) is 16.9 Å². The van der Waals surface area contributed by atoms with Gasteiger partial charge in [0.15, 0.2) is 0 Å². The second-order valence-corrected chi connectivity index (χ2v) is 8.86. The van der Waals surface area contributed by atoms with Gasteiger partial charge in [-0.25, -0.2) is 4.79 Å². The number of hydrogen-bond acceptors (Lipinski definition) is 4. The standard InChI is InChI=1S/C26H26BrNO4/c1-16-17(11-6-12-23(16)27)25(30)24(29)13-14-28-26(31)32-15-22-20-9-4-2-7-18(20)19-8-3-5-10-21(19)22/h2-12,22,24-25,29-30H,13-15H2,1H3,(H,28,31). The number of fused-ring (bicyclic) bond motifs is 3. The number of amides is 1. The van der Waals surface area contributed by atoms with E-state index in [0.717, 1.165) is 21.2 Å². The molecule has 3 aromatic rings. The maximum Gasteiger partial charge on any atom is 0.407 e. The molecule has 3 aromatic carbocycles. The Hall–Kier alpha value is -2.67. The maximum absolute atomic E-state index is 12.3. The van der Waals surface area contributed by atoms with Crippen LogP contribution in [-0.4, -0.2) is 35.6 Å². The lowest BCUT2D eigenvalue weighted by molar-refractivity contribution is 0.0133. The molecular weight excluding hydrogens is 470 g/mol. The summed E-state index contributed by atoms with van der Waals surface area (Å²) in [6, 6.07) is 21.8. The largest absolute Gasteiger partial charge is 0.449 e. The van der Waals surface area contributed by atoms with Crippen molar-refractivity contribution in [3.05, 3.63) is 93.5 Å². The molecule has 32 heavy (non-hydrogen) atoms. The summed E-state index contributed by atoms with van der Waals surface area (Å²) in [5, 5.41) is 23.5. The molecule has 0 fully saturated rings. The second kappa shape index (κ2) is 9.86. The molecule has 2 unspecified atom stereocenters. The summed E-state index contributed by atoms with van der Waals surface area (Å²) in [6.07, 6.45) is -2.36. The van der Waals surface area contributed by atoms with Crippen molar-refractivity contribution in [2.75, 3.05) is 13.2 Å². The molecule has 1 amide bonds. The number of ether oxygens (including phenoxy) is 1. The normalized spacial score (nSPS) is 14.4. The van der Waals surface area contributed by atoms with E-state index in [1.807, 2.05) is 43.3 Å². The van der Waals surface area contributed by atoms with Gasteiger partial charge < -0.3 is 20.3 Å². The van der Waals surface area contributed by atoms with Crippen LogP contribution in [-0.2, 0) is 4.74 Å². The van der Waals surface area contributed by atoms with E-state index in [1.54, 1.807) is 6.07 Å². The summed E-state index contributed by atoms with van der Waals surface area (Å²) in [4.78, 5) is 12.3. The highest BCUT2D eigenvalue weighted by atomic mass is 79.9. The van der Waals surface area contributed by atoms with Crippen molar-refractivity contribution in [3.63, 3.8) is 0 Å². The van der Waals surface area contributed by atoms with E-state index < -0.39 is 18.3 Å². The van der Waals surface area contributed by atoms with Gasteiger partial charge in [-0.15, -0.1) is 0 Å². The topological polar surface area (TPSA) is 78.8 Å². The zero-order valence-corrected chi connectivity index (χ0v) is 19.4. The van der Waals surface area contributed by atoms with Crippen LogP contribution in [0.3, 0.4) is 0 Å². The number of aliphatic hydroxyl groups excluding tert-OH is 2. The molecule has 3 N–H and O–H groups in total. The number of halogens is 1. The molecule has 0 aliphatic heterocycles. The molecule has 0 spiro atoms. The van der Waals surface area contributed by atoms with Gasteiger partial charge in [0.25, 0.3) is 0 Å². The van der Waals surface area contributed by atoms with Crippen molar-refractivity contribution in [3.8, 4) is 11.1 Å². The fourth-order valence-electron chi connectivity index (χ4n) is 4.28. The monoisotopic (exact) mass is 495 g/mol. The fraction of sp³-hybridized carbons (Fsp3) is 0.269. The van der Waals surface area contributed by atoms with Gasteiger partial charge in [0.2, 0.25) is 0 Å². The molecule has 0 saturated carbocycles. The molecule has 1 aliphatic carbocycles. The van der Waals surface area contributed by atoms with Gasteiger partial charge in [-0.3, -0.25) is 0 Å². The van der Waals surface area contributed by atoms with E-state index >= 15 is 0 Å². The number of nitrogens with one attached hydrogen (secondary N) is 1. The first-order chi connectivity index (χ1) is 15.5. The van der Waals surface area contributed by atoms with Gasteiger partial charge in [-0.05, 0) is 52.8 Å². The number of alkyl carbamates (subject to hydrolysis) is 1. The summed E-state index contributed by atoms with van der Waals surface area (Å²) in [5.74, 6) is 0.0000603. The quantitative estimate of drug-likeness (QED) is 0.426.